The number of carbonyl (C=O) groups is 3. The van der Waals surface area contributed by atoms with Crippen LogP contribution in [0, 0.1) is 5.92 Å². The Morgan fingerprint density at radius 2 is 1.94 bits per heavy atom. The van der Waals surface area contributed by atoms with E-state index in [1.54, 1.807) is 11.8 Å². The van der Waals surface area contributed by atoms with Crippen LogP contribution in [0.2, 0.25) is 0 Å². The number of rotatable bonds is 5. The smallest absolute Gasteiger partial charge is 0.416 e. The lowest BCUT2D eigenvalue weighted by Crippen LogP contribution is -2.51. The fraction of sp³-hybridized carbons (Fsp3) is 0.571. The van der Waals surface area contributed by atoms with Crippen molar-refractivity contribution in [1.82, 2.24) is 21.3 Å². The van der Waals surface area contributed by atoms with Gasteiger partial charge in [0, 0.05) is 23.4 Å². The van der Waals surface area contributed by atoms with Crippen molar-refractivity contribution in [3.8, 4) is 0 Å². The zero-order valence-corrected chi connectivity index (χ0v) is 19.7. The summed E-state index contributed by atoms with van der Waals surface area (Å²) in [5, 5.41) is 11.1. The van der Waals surface area contributed by atoms with Gasteiger partial charge in [-0.3, -0.25) is 20.2 Å². The summed E-state index contributed by atoms with van der Waals surface area (Å²) in [6.45, 7) is 1.10. The molecule has 0 spiro atoms. The molecule has 5 atom stereocenters. The molecule has 3 aliphatic heterocycles. The minimum atomic E-state index is -4.58. The van der Waals surface area contributed by atoms with E-state index < -0.39 is 47.0 Å². The van der Waals surface area contributed by atoms with E-state index in [0.717, 1.165) is 25.6 Å². The van der Waals surface area contributed by atoms with Crippen LogP contribution in [0.25, 0.3) is 0 Å². The molecule has 3 saturated heterocycles. The zero-order valence-electron chi connectivity index (χ0n) is 18.0. The van der Waals surface area contributed by atoms with E-state index >= 15 is 0 Å². The first-order valence-corrected chi connectivity index (χ1v) is 12.9. The van der Waals surface area contributed by atoms with Crippen LogP contribution in [-0.2, 0) is 27.1 Å². The van der Waals surface area contributed by atoms with Crippen LogP contribution in [0.5, 0.6) is 0 Å². The molecular weight excluding hydrogens is 493 g/mol. The number of carbonyl (C=O) groups excluding carboxylic acids is 3. The molecule has 1 aromatic carbocycles. The number of benzene rings is 1. The molecule has 4 rings (SSSR count). The highest BCUT2D eigenvalue weighted by Gasteiger charge is 2.42. The maximum absolute atomic E-state index is 13.1. The van der Waals surface area contributed by atoms with Crippen LogP contribution < -0.4 is 21.3 Å². The summed E-state index contributed by atoms with van der Waals surface area (Å²) in [4.78, 5) is 37.5. The molecule has 0 aliphatic carbocycles. The minimum Gasteiger partial charge on any atom is -0.444 e. The summed E-state index contributed by atoms with van der Waals surface area (Å²) in [6.07, 6.45) is -4.29. The second kappa shape index (κ2) is 10.8. The summed E-state index contributed by atoms with van der Waals surface area (Å²) in [5.41, 5.74) is -1.12. The molecule has 3 fully saturated rings. The molecule has 0 bridgehead atoms. The molecule has 0 aromatic heterocycles. The summed E-state index contributed by atoms with van der Waals surface area (Å²) in [5.74, 6) is -0.867. The number of halogens is 3. The Kier molecular flexibility index (Phi) is 7.95. The maximum Gasteiger partial charge on any atom is 0.416 e. The summed E-state index contributed by atoms with van der Waals surface area (Å²) in [7, 11) is 0. The van der Waals surface area contributed by atoms with Gasteiger partial charge >= 0.3 is 12.3 Å². The molecular formula is C21H25F3N4O4S2. The first-order valence-electron chi connectivity index (χ1n) is 10.9. The van der Waals surface area contributed by atoms with Crippen LogP contribution in [0.4, 0.5) is 18.0 Å². The number of hydrogen-bond donors (Lipinski definition) is 4. The predicted molar refractivity (Wildman–Crippen MR) is 122 cm³/mol. The molecule has 0 saturated carbocycles. The van der Waals surface area contributed by atoms with E-state index in [4.69, 9.17) is 4.74 Å². The molecule has 186 valence electrons. The Hall–Kier alpha value is -1.96. The average molecular weight is 519 g/mol. The molecule has 4 N–H and O–H groups in total. The van der Waals surface area contributed by atoms with Crippen LogP contribution in [-0.4, -0.2) is 58.8 Å². The lowest BCUT2D eigenvalue weighted by atomic mass is 10.1. The molecule has 13 heteroatoms. The standard InChI is InChI=1S/C21H25F3N4O4S2/c22-21(23,24)13-4-2-1-3-11(13)10-32-20(31)28-16(29)12-6-8-33-18(12)27-17(30)19-26-14-9-25-7-5-15(14)34-19/h1-4,12,14-15,18-19,25-26H,5-10H2,(H,27,30)(H,28,29,31). The highest BCUT2D eigenvalue weighted by Crippen LogP contribution is 2.34. The number of alkyl carbamates (subject to hydrolysis) is 1. The molecule has 8 nitrogen and oxygen atoms in total. The predicted octanol–water partition coefficient (Wildman–Crippen LogP) is 2.05. The van der Waals surface area contributed by atoms with Crippen LogP contribution >= 0.6 is 23.5 Å². The third-order valence-corrected chi connectivity index (χ3v) is 8.77. The van der Waals surface area contributed by atoms with Crippen LogP contribution in [0.15, 0.2) is 24.3 Å². The second-order valence-corrected chi connectivity index (χ2v) is 10.8. The van der Waals surface area contributed by atoms with E-state index in [1.165, 1.54) is 30.0 Å². The number of ether oxygens (including phenoxy) is 1. The lowest BCUT2D eigenvalue weighted by molar-refractivity contribution is -0.138. The van der Waals surface area contributed by atoms with Crippen molar-refractivity contribution in [2.24, 2.45) is 5.92 Å². The lowest BCUT2D eigenvalue weighted by Gasteiger charge is -2.24. The van der Waals surface area contributed by atoms with E-state index in [2.05, 4.69) is 21.3 Å². The number of imide groups is 1. The third kappa shape index (κ3) is 5.99. The van der Waals surface area contributed by atoms with Gasteiger partial charge in [-0.05, 0) is 31.2 Å². The number of hydrogen-bond acceptors (Lipinski definition) is 8. The fourth-order valence-electron chi connectivity index (χ4n) is 4.22. The van der Waals surface area contributed by atoms with Crippen molar-refractivity contribution >= 4 is 41.4 Å². The SMILES string of the molecule is O=C(NC(=O)C1CCSC1NC(=O)C1NC2CNCCC2S1)OCc1ccccc1C(F)(F)F. The molecule has 5 unspecified atom stereocenters. The Bertz CT molecular complexity index is 922. The highest BCUT2D eigenvalue weighted by atomic mass is 32.2. The van der Waals surface area contributed by atoms with Gasteiger partial charge in [0.1, 0.15) is 12.0 Å². The van der Waals surface area contributed by atoms with Crippen molar-refractivity contribution in [3.63, 3.8) is 0 Å². The van der Waals surface area contributed by atoms with Crippen molar-refractivity contribution in [2.45, 2.75) is 47.7 Å². The monoisotopic (exact) mass is 518 g/mol. The molecule has 1 aromatic rings. The van der Waals surface area contributed by atoms with Gasteiger partial charge in [0.2, 0.25) is 11.8 Å². The quantitative estimate of drug-likeness (QED) is 0.469. The molecule has 3 aliphatic rings. The van der Waals surface area contributed by atoms with E-state index in [1.807, 2.05) is 0 Å². The van der Waals surface area contributed by atoms with Gasteiger partial charge < -0.3 is 15.4 Å². The Balaban J connectivity index is 1.27. The average Bonchev–Trinajstić information content (AvgIpc) is 3.44. The van der Waals surface area contributed by atoms with Gasteiger partial charge in [0.25, 0.3) is 0 Å². The number of alkyl halides is 3. The number of amides is 3. The summed E-state index contributed by atoms with van der Waals surface area (Å²) < 4.78 is 44.1. The molecule has 3 heterocycles. The van der Waals surface area contributed by atoms with E-state index in [9.17, 15) is 27.6 Å². The van der Waals surface area contributed by atoms with E-state index in [-0.39, 0.29) is 17.5 Å². The number of piperidine rings is 1. The maximum atomic E-state index is 13.1. The van der Waals surface area contributed by atoms with Gasteiger partial charge in [-0.2, -0.15) is 13.2 Å². The third-order valence-electron chi connectivity index (χ3n) is 5.95. The molecule has 3 amide bonds. The van der Waals surface area contributed by atoms with Gasteiger partial charge in [-0.25, -0.2) is 4.79 Å². The Labute approximate surface area is 202 Å². The number of thioether (sulfide) groups is 2. The first kappa shape index (κ1) is 25.1. The van der Waals surface area contributed by atoms with Crippen molar-refractivity contribution < 1.29 is 32.3 Å². The van der Waals surface area contributed by atoms with Crippen molar-refractivity contribution in [1.29, 1.82) is 0 Å². The summed E-state index contributed by atoms with van der Waals surface area (Å²) in [6, 6.07) is 4.98. The molecule has 34 heavy (non-hydrogen) atoms. The topological polar surface area (TPSA) is 109 Å². The van der Waals surface area contributed by atoms with Gasteiger partial charge in [0.15, 0.2) is 0 Å². The number of fused-ring (bicyclic) bond motifs is 1. The largest absolute Gasteiger partial charge is 0.444 e. The van der Waals surface area contributed by atoms with E-state index in [0.29, 0.717) is 17.4 Å². The van der Waals surface area contributed by atoms with Crippen molar-refractivity contribution in [2.75, 3.05) is 18.8 Å². The van der Waals surface area contributed by atoms with Gasteiger partial charge in [0.05, 0.1) is 16.9 Å². The highest BCUT2D eigenvalue weighted by molar-refractivity contribution is 8.01. The second-order valence-electron chi connectivity index (χ2n) is 8.24. The zero-order chi connectivity index (χ0) is 24.3. The Morgan fingerprint density at radius 1 is 1.15 bits per heavy atom. The normalized spacial score (nSPS) is 28.7. The van der Waals surface area contributed by atoms with Crippen LogP contribution in [0.3, 0.4) is 0 Å². The minimum absolute atomic E-state index is 0.206. The Morgan fingerprint density at radius 3 is 2.71 bits per heavy atom. The van der Waals surface area contributed by atoms with Crippen LogP contribution in [0.1, 0.15) is 24.0 Å². The summed E-state index contributed by atoms with van der Waals surface area (Å²) >= 11 is 3.00. The molecule has 0 radical (unpaired) electrons. The first-order chi connectivity index (χ1) is 16.2. The van der Waals surface area contributed by atoms with Crippen molar-refractivity contribution in [3.05, 3.63) is 35.4 Å². The van der Waals surface area contributed by atoms with Gasteiger partial charge in [-0.15, -0.1) is 23.5 Å². The number of nitrogens with one attached hydrogen (secondary N) is 4. The van der Waals surface area contributed by atoms with Gasteiger partial charge in [-0.1, -0.05) is 18.2 Å². The fourth-order valence-corrected chi connectivity index (χ4v) is 6.97.